The zero-order chi connectivity index (χ0) is 17.1. The molecule has 0 spiro atoms. The molecule has 8 nitrogen and oxygen atoms in total. The Kier molecular flexibility index (Phi) is 4.57. The number of aryl methyl sites for hydroxylation is 1. The minimum absolute atomic E-state index is 0.151. The number of pyridine rings is 1. The molecular formula is C16H21N7O. The molecule has 3 N–H and O–H groups in total. The van der Waals surface area contributed by atoms with Crippen LogP contribution in [0.5, 0.6) is 0 Å². The van der Waals surface area contributed by atoms with Gasteiger partial charge in [-0.05, 0) is 32.5 Å². The molecule has 2 aliphatic rings. The molecule has 0 aliphatic carbocycles. The highest BCUT2D eigenvalue weighted by Gasteiger charge is 2.40. The van der Waals surface area contributed by atoms with Gasteiger partial charge >= 0.3 is 6.03 Å². The summed E-state index contributed by atoms with van der Waals surface area (Å²) in [5.41, 5.74) is 6.42. The van der Waals surface area contributed by atoms with Crippen molar-refractivity contribution in [2.24, 2.45) is 5.73 Å². The molecule has 4 rings (SSSR count). The number of nitrogens with one attached hydrogen (secondary N) is 1. The summed E-state index contributed by atoms with van der Waals surface area (Å²) in [6.45, 7) is 3.74. The SMILES string of the molecule is CN.Cc1ccc2c(n1)N(C(=O)Nc1cnccn1)C1CCN2C1. The number of fused-ring (bicyclic) bond motifs is 4. The van der Waals surface area contributed by atoms with Crippen LogP contribution >= 0.6 is 0 Å². The summed E-state index contributed by atoms with van der Waals surface area (Å²) in [6.07, 6.45) is 5.61. The van der Waals surface area contributed by atoms with Crippen molar-refractivity contribution in [3.05, 3.63) is 36.4 Å². The first-order chi connectivity index (χ1) is 11.7. The van der Waals surface area contributed by atoms with E-state index in [1.807, 2.05) is 19.1 Å². The van der Waals surface area contributed by atoms with E-state index in [4.69, 9.17) is 0 Å². The molecule has 0 saturated carbocycles. The average Bonchev–Trinajstić information content (AvgIpc) is 3.02. The summed E-state index contributed by atoms with van der Waals surface area (Å²) in [6, 6.07) is 3.97. The predicted octanol–water partition coefficient (Wildman–Crippen LogP) is 1.39. The largest absolute Gasteiger partial charge is 0.366 e. The van der Waals surface area contributed by atoms with E-state index in [0.717, 1.165) is 36.7 Å². The van der Waals surface area contributed by atoms with Crippen molar-refractivity contribution < 1.29 is 4.79 Å². The number of hydrogen-bond donors (Lipinski definition) is 2. The molecular weight excluding hydrogens is 306 g/mol. The lowest BCUT2D eigenvalue weighted by molar-refractivity contribution is 0.254. The van der Waals surface area contributed by atoms with Gasteiger partial charge in [-0.3, -0.25) is 15.2 Å². The summed E-state index contributed by atoms with van der Waals surface area (Å²) >= 11 is 0. The quantitative estimate of drug-likeness (QED) is 0.821. The van der Waals surface area contributed by atoms with Crippen LogP contribution in [0.25, 0.3) is 0 Å². The molecule has 0 radical (unpaired) electrons. The predicted molar refractivity (Wildman–Crippen MR) is 93.2 cm³/mol. The van der Waals surface area contributed by atoms with Crippen molar-refractivity contribution in [3.63, 3.8) is 0 Å². The van der Waals surface area contributed by atoms with E-state index in [-0.39, 0.29) is 12.1 Å². The van der Waals surface area contributed by atoms with Crippen molar-refractivity contribution in [2.75, 3.05) is 35.3 Å². The fraction of sp³-hybridized carbons (Fsp3) is 0.375. The van der Waals surface area contributed by atoms with Gasteiger partial charge in [0.25, 0.3) is 0 Å². The first kappa shape index (κ1) is 16.1. The van der Waals surface area contributed by atoms with Crippen molar-refractivity contribution >= 4 is 23.4 Å². The highest BCUT2D eigenvalue weighted by Crippen LogP contribution is 2.38. The number of aromatic nitrogens is 3. The zero-order valence-corrected chi connectivity index (χ0v) is 13.8. The van der Waals surface area contributed by atoms with E-state index >= 15 is 0 Å². The van der Waals surface area contributed by atoms with Gasteiger partial charge in [0.05, 0.1) is 17.9 Å². The van der Waals surface area contributed by atoms with Crippen LogP contribution in [0.4, 0.5) is 22.1 Å². The normalized spacial score (nSPS) is 17.7. The number of carbonyl (C=O) groups is 1. The first-order valence-corrected chi connectivity index (χ1v) is 7.89. The van der Waals surface area contributed by atoms with Crippen LogP contribution in [0.15, 0.2) is 30.7 Å². The third-order valence-corrected chi connectivity index (χ3v) is 4.11. The number of amides is 2. The van der Waals surface area contributed by atoms with E-state index in [9.17, 15) is 4.79 Å². The molecule has 4 heterocycles. The molecule has 2 bridgehead atoms. The molecule has 8 heteroatoms. The van der Waals surface area contributed by atoms with Gasteiger partial charge in [-0.1, -0.05) is 0 Å². The summed E-state index contributed by atoms with van der Waals surface area (Å²) in [5, 5.41) is 2.81. The number of rotatable bonds is 1. The maximum atomic E-state index is 12.7. The van der Waals surface area contributed by atoms with Crippen LogP contribution in [0.1, 0.15) is 12.1 Å². The van der Waals surface area contributed by atoms with E-state index in [1.165, 1.54) is 13.2 Å². The number of nitrogens with two attached hydrogens (primary N) is 1. The van der Waals surface area contributed by atoms with E-state index in [1.54, 1.807) is 17.3 Å². The fourth-order valence-corrected chi connectivity index (χ4v) is 3.10. The minimum Gasteiger partial charge on any atom is -0.366 e. The molecule has 0 aromatic carbocycles. The second-order valence-corrected chi connectivity index (χ2v) is 5.57. The maximum absolute atomic E-state index is 12.7. The monoisotopic (exact) mass is 327 g/mol. The maximum Gasteiger partial charge on any atom is 0.329 e. The van der Waals surface area contributed by atoms with Gasteiger partial charge in [0.15, 0.2) is 11.6 Å². The molecule has 2 aromatic rings. The Morgan fingerprint density at radius 2 is 2.17 bits per heavy atom. The van der Waals surface area contributed by atoms with Crippen LogP contribution in [-0.2, 0) is 0 Å². The fourth-order valence-electron chi connectivity index (χ4n) is 3.10. The lowest BCUT2D eigenvalue weighted by Gasteiger charge is -2.35. The molecule has 1 saturated heterocycles. The summed E-state index contributed by atoms with van der Waals surface area (Å²) < 4.78 is 0. The smallest absolute Gasteiger partial charge is 0.329 e. The standard InChI is InChI=1S/C15H16N6O.CH5N/c1-10-2-3-12-14(18-10)21(11-4-7-20(12)9-11)15(22)19-13-8-16-5-6-17-13;1-2/h2-3,5-6,8,11H,4,7,9H2,1H3,(H,17,19,22);2H2,1H3. The molecule has 2 aliphatic heterocycles. The molecule has 2 aromatic heterocycles. The number of hydrogen-bond acceptors (Lipinski definition) is 6. The number of urea groups is 1. The van der Waals surface area contributed by atoms with Gasteiger partial charge in [-0.15, -0.1) is 0 Å². The number of nitrogens with zero attached hydrogens (tertiary/aromatic N) is 5. The zero-order valence-electron chi connectivity index (χ0n) is 13.8. The summed E-state index contributed by atoms with van der Waals surface area (Å²) in [4.78, 5) is 29.4. The van der Waals surface area contributed by atoms with E-state index in [0.29, 0.717) is 5.82 Å². The van der Waals surface area contributed by atoms with Gasteiger partial charge in [0.1, 0.15) is 0 Å². The Bertz CT molecular complexity index is 722. The molecule has 1 atom stereocenters. The van der Waals surface area contributed by atoms with Crippen LogP contribution < -0.4 is 20.9 Å². The molecule has 1 unspecified atom stereocenters. The summed E-state index contributed by atoms with van der Waals surface area (Å²) in [7, 11) is 1.50. The lowest BCUT2D eigenvalue weighted by atomic mass is 10.2. The van der Waals surface area contributed by atoms with Crippen molar-refractivity contribution in [1.82, 2.24) is 15.0 Å². The van der Waals surface area contributed by atoms with E-state index in [2.05, 4.69) is 30.9 Å². The van der Waals surface area contributed by atoms with Crippen LogP contribution in [0, 0.1) is 6.92 Å². The third-order valence-electron chi connectivity index (χ3n) is 4.11. The van der Waals surface area contributed by atoms with Crippen molar-refractivity contribution in [3.8, 4) is 0 Å². The van der Waals surface area contributed by atoms with Gasteiger partial charge in [0.2, 0.25) is 0 Å². The first-order valence-electron chi connectivity index (χ1n) is 7.89. The van der Waals surface area contributed by atoms with Gasteiger partial charge < -0.3 is 10.6 Å². The molecule has 1 fully saturated rings. The number of carbonyl (C=O) groups excluding carboxylic acids is 1. The van der Waals surface area contributed by atoms with Crippen molar-refractivity contribution in [1.29, 1.82) is 0 Å². The molecule has 126 valence electrons. The average molecular weight is 327 g/mol. The topological polar surface area (TPSA) is 100 Å². The Morgan fingerprint density at radius 1 is 1.33 bits per heavy atom. The third kappa shape index (κ3) is 2.88. The van der Waals surface area contributed by atoms with E-state index < -0.39 is 0 Å². The van der Waals surface area contributed by atoms with Crippen LogP contribution in [-0.4, -0.2) is 47.2 Å². The Labute approximate surface area is 140 Å². The highest BCUT2D eigenvalue weighted by molar-refractivity contribution is 6.04. The molecule has 24 heavy (non-hydrogen) atoms. The van der Waals surface area contributed by atoms with Gasteiger partial charge in [-0.25, -0.2) is 14.8 Å². The second-order valence-electron chi connectivity index (χ2n) is 5.57. The Hall–Kier alpha value is -2.74. The van der Waals surface area contributed by atoms with Gasteiger partial charge in [-0.2, -0.15) is 0 Å². The minimum atomic E-state index is -0.202. The molecule has 2 amide bonds. The van der Waals surface area contributed by atoms with Gasteiger partial charge in [0, 0.05) is 31.2 Å². The van der Waals surface area contributed by atoms with Crippen LogP contribution in [0.2, 0.25) is 0 Å². The Balaban J connectivity index is 0.000000815. The second kappa shape index (κ2) is 6.79. The lowest BCUT2D eigenvalue weighted by Crippen LogP contribution is -2.48. The highest BCUT2D eigenvalue weighted by atomic mass is 16.2. The number of anilines is 3. The Morgan fingerprint density at radius 3 is 2.92 bits per heavy atom. The van der Waals surface area contributed by atoms with Crippen LogP contribution in [0.3, 0.4) is 0 Å². The van der Waals surface area contributed by atoms with Crippen molar-refractivity contribution in [2.45, 2.75) is 19.4 Å². The summed E-state index contributed by atoms with van der Waals surface area (Å²) in [5.74, 6) is 1.18.